The van der Waals surface area contributed by atoms with Crippen LogP contribution < -0.4 is 10.2 Å². The third-order valence-electron chi connectivity index (χ3n) is 4.83. The second-order valence-electron chi connectivity index (χ2n) is 6.95. The topological polar surface area (TPSA) is 72.3 Å². The molecule has 1 aromatic heterocycles. The van der Waals surface area contributed by atoms with Gasteiger partial charge in [0.05, 0.1) is 11.3 Å². The molecule has 1 aliphatic rings. The summed E-state index contributed by atoms with van der Waals surface area (Å²) in [5, 5.41) is 12.7. The van der Waals surface area contributed by atoms with Gasteiger partial charge in [-0.25, -0.2) is 4.98 Å². The molecule has 0 radical (unpaired) electrons. The van der Waals surface area contributed by atoms with Crippen LogP contribution in [0.3, 0.4) is 0 Å². The fraction of sp³-hybridized carbons (Fsp3) is 0.381. The summed E-state index contributed by atoms with van der Waals surface area (Å²) in [6, 6.07) is 13.5. The average molecular weight is 363 g/mol. The number of pyridine rings is 1. The van der Waals surface area contributed by atoms with Gasteiger partial charge in [-0.15, -0.1) is 0 Å². The number of aromatic nitrogens is 1. The van der Waals surface area contributed by atoms with E-state index in [1.54, 1.807) is 18.2 Å². The van der Waals surface area contributed by atoms with Crippen LogP contribution in [-0.2, 0) is 0 Å². The number of carbonyl (C=O) groups is 1. The SMILES string of the molecule is CC(=O)c1ccc(C#N)c(NC(C)CN2CCN(c3ccccn3)CC2)c1. The minimum atomic E-state index is 0.000774. The van der Waals surface area contributed by atoms with E-state index in [1.165, 1.54) is 6.92 Å². The summed E-state index contributed by atoms with van der Waals surface area (Å²) in [5.41, 5.74) is 1.91. The molecular formula is C21H25N5O. The van der Waals surface area contributed by atoms with Crippen LogP contribution in [0.2, 0.25) is 0 Å². The van der Waals surface area contributed by atoms with Gasteiger partial charge < -0.3 is 10.2 Å². The molecular weight excluding hydrogens is 338 g/mol. The molecule has 0 amide bonds. The summed E-state index contributed by atoms with van der Waals surface area (Å²) in [4.78, 5) is 20.8. The molecule has 0 spiro atoms. The third-order valence-corrected chi connectivity index (χ3v) is 4.83. The van der Waals surface area contributed by atoms with E-state index >= 15 is 0 Å². The highest BCUT2D eigenvalue weighted by Crippen LogP contribution is 2.19. The maximum atomic E-state index is 11.6. The number of hydrogen-bond acceptors (Lipinski definition) is 6. The monoisotopic (exact) mass is 363 g/mol. The van der Waals surface area contributed by atoms with Crippen molar-refractivity contribution in [3.63, 3.8) is 0 Å². The van der Waals surface area contributed by atoms with Gasteiger partial charge in [-0.05, 0) is 44.2 Å². The molecule has 27 heavy (non-hydrogen) atoms. The van der Waals surface area contributed by atoms with Crippen LogP contribution in [-0.4, -0.2) is 54.4 Å². The van der Waals surface area contributed by atoms with Crippen LogP contribution in [0.4, 0.5) is 11.5 Å². The van der Waals surface area contributed by atoms with Crippen LogP contribution in [0, 0.1) is 11.3 Å². The lowest BCUT2D eigenvalue weighted by Crippen LogP contribution is -2.49. The van der Waals surface area contributed by atoms with Crippen LogP contribution in [0.1, 0.15) is 29.8 Å². The van der Waals surface area contributed by atoms with E-state index in [2.05, 4.69) is 33.1 Å². The van der Waals surface area contributed by atoms with Crippen molar-refractivity contribution in [3.05, 3.63) is 53.7 Å². The van der Waals surface area contributed by atoms with E-state index < -0.39 is 0 Å². The average Bonchev–Trinajstić information content (AvgIpc) is 2.69. The summed E-state index contributed by atoms with van der Waals surface area (Å²) in [6.45, 7) is 8.37. The Morgan fingerprint density at radius 2 is 2.04 bits per heavy atom. The van der Waals surface area contributed by atoms with Gasteiger partial charge in [0.2, 0.25) is 0 Å². The lowest BCUT2D eigenvalue weighted by atomic mass is 10.1. The van der Waals surface area contributed by atoms with Crippen molar-refractivity contribution in [2.24, 2.45) is 0 Å². The number of ketones is 1. The maximum absolute atomic E-state index is 11.6. The molecule has 0 aliphatic carbocycles. The number of Topliss-reactive ketones (excluding diaryl/α,β-unsaturated/α-hetero) is 1. The molecule has 0 saturated carbocycles. The number of hydrogen-bond donors (Lipinski definition) is 1. The Hall–Kier alpha value is -2.91. The first-order chi connectivity index (χ1) is 13.1. The van der Waals surface area contributed by atoms with Crippen molar-refractivity contribution < 1.29 is 4.79 Å². The Kier molecular flexibility index (Phi) is 6.05. The first-order valence-corrected chi connectivity index (χ1v) is 9.27. The van der Waals surface area contributed by atoms with Crippen LogP contribution in [0.5, 0.6) is 0 Å². The Balaban J connectivity index is 1.56. The summed E-state index contributed by atoms with van der Waals surface area (Å²) < 4.78 is 0. The second kappa shape index (κ2) is 8.65. The number of piperazine rings is 1. The van der Waals surface area contributed by atoms with Crippen molar-refractivity contribution in [3.8, 4) is 6.07 Å². The van der Waals surface area contributed by atoms with Crippen molar-refractivity contribution in [1.82, 2.24) is 9.88 Å². The molecule has 1 saturated heterocycles. The van der Waals surface area contributed by atoms with Gasteiger partial charge in [0.1, 0.15) is 11.9 Å². The number of nitrogens with zero attached hydrogens (tertiary/aromatic N) is 4. The number of carbonyl (C=O) groups excluding carboxylic acids is 1. The lowest BCUT2D eigenvalue weighted by Gasteiger charge is -2.36. The highest BCUT2D eigenvalue weighted by molar-refractivity contribution is 5.95. The number of nitriles is 1. The van der Waals surface area contributed by atoms with Crippen molar-refractivity contribution in [2.75, 3.05) is 42.9 Å². The van der Waals surface area contributed by atoms with Crippen LogP contribution in [0.15, 0.2) is 42.6 Å². The zero-order valence-electron chi connectivity index (χ0n) is 15.9. The van der Waals surface area contributed by atoms with Gasteiger partial charge in [0.15, 0.2) is 5.78 Å². The van der Waals surface area contributed by atoms with E-state index in [1.807, 2.05) is 24.4 Å². The molecule has 6 nitrogen and oxygen atoms in total. The maximum Gasteiger partial charge on any atom is 0.159 e. The number of anilines is 2. The van der Waals surface area contributed by atoms with Crippen LogP contribution in [0.25, 0.3) is 0 Å². The Morgan fingerprint density at radius 1 is 1.26 bits per heavy atom. The van der Waals surface area contributed by atoms with E-state index in [0.29, 0.717) is 11.1 Å². The summed E-state index contributed by atoms with van der Waals surface area (Å²) in [5.74, 6) is 1.03. The number of benzene rings is 1. The zero-order chi connectivity index (χ0) is 19.2. The van der Waals surface area contributed by atoms with E-state index in [0.717, 1.165) is 44.2 Å². The number of nitrogens with one attached hydrogen (secondary N) is 1. The van der Waals surface area contributed by atoms with E-state index in [4.69, 9.17) is 0 Å². The van der Waals surface area contributed by atoms with Gasteiger partial charge in [0, 0.05) is 50.5 Å². The van der Waals surface area contributed by atoms with E-state index in [9.17, 15) is 10.1 Å². The first-order valence-electron chi connectivity index (χ1n) is 9.27. The second-order valence-corrected chi connectivity index (χ2v) is 6.95. The highest BCUT2D eigenvalue weighted by atomic mass is 16.1. The zero-order valence-corrected chi connectivity index (χ0v) is 15.9. The smallest absolute Gasteiger partial charge is 0.159 e. The first kappa shape index (κ1) is 18.9. The molecule has 140 valence electrons. The van der Waals surface area contributed by atoms with Gasteiger partial charge in [-0.2, -0.15) is 5.26 Å². The van der Waals surface area contributed by atoms with Crippen molar-refractivity contribution in [2.45, 2.75) is 19.9 Å². The highest BCUT2D eigenvalue weighted by Gasteiger charge is 2.19. The van der Waals surface area contributed by atoms with Gasteiger partial charge in [0.25, 0.3) is 0 Å². The molecule has 2 aromatic rings. The van der Waals surface area contributed by atoms with Gasteiger partial charge in [-0.3, -0.25) is 9.69 Å². The predicted molar refractivity (Wildman–Crippen MR) is 107 cm³/mol. The third kappa shape index (κ3) is 4.83. The molecule has 0 bridgehead atoms. The molecule has 1 fully saturated rings. The van der Waals surface area contributed by atoms with Gasteiger partial charge >= 0.3 is 0 Å². The normalized spacial score (nSPS) is 15.8. The minimum absolute atomic E-state index is 0.000774. The minimum Gasteiger partial charge on any atom is -0.380 e. The predicted octanol–water partition coefficient (Wildman–Crippen LogP) is 2.78. The Bertz CT molecular complexity index is 822. The molecule has 1 aromatic carbocycles. The van der Waals surface area contributed by atoms with Crippen LogP contribution >= 0.6 is 0 Å². The van der Waals surface area contributed by atoms with E-state index in [-0.39, 0.29) is 11.8 Å². The van der Waals surface area contributed by atoms with Gasteiger partial charge in [-0.1, -0.05) is 6.07 Å². The Morgan fingerprint density at radius 3 is 2.67 bits per heavy atom. The largest absolute Gasteiger partial charge is 0.380 e. The molecule has 3 rings (SSSR count). The molecule has 6 heteroatoms. The fourth-order valence-electron chi connectivity index (χ4n) is 3.38. The summed E-state index contributed by atoms with van der Waals surface area (Å²) in [6.07, 6.45) is 1.83. The molecule has 1 aliphatic heterocycles. The molecule has 1 unspecified atom stereocenters. The van der Waals surface area contributed by atoms with Crippen molar-refractivity contribution in [1.29, 1.82) is 5.26 Å². The molecule has 1 atom stereocenters. The number of rotatable bonds is 6. The summed E-state index contributed by atoms with van der Waals surface area (Å²) in [7, 11) is 0. The molecule has 1 N–H and O–H groups in total. The quantitative estimate of drug-likeness (QED) is 0.796. The lowest BCUT2D eigenvalue weighted by molar-refractivity contribution is 0.101. The Labute approximate surface area is 160 Å². The summed E-state index contributed by atoms with van der Waals surface area (Å²) >= 11 is 0. The standard InChI is InChI=1S/C21H25N5O/c1-16(24-20-13-18(17(2)27)6-7-19(20)14-22)15-25-9-11-26(12-10-25)21-5-3-4-8-23-21/h3-8,13,16,24H,9-12,15H2,1-2H3. The van der Waals surface area contributed by atoms with Crippen molar-refractivity contribution >= 4 is 17.3 Å². The fourth-order valence-corrected chi connectivity index (χ4v) is 3.38. The molecule has 2 heterocycles.